The number of nitrogens with zero attached hydrogens (tertiary/aromatic N) is 2. The molecule has 0 aromatic heterocycles. The lowest BCUT2D eigenvalue weighted by atomic mass is 10.0. The van der Waals surface area contributed by atoms with Crippen LogP contribution in [0.4, 0.5) is 4.39 Å². The molecule has 1 atom stereocenters. The van der Waals surface area contributed by atoms with Crippen LogP contribution in [0.3, 0.4) is 0 Å². The highest BCUT2D eigenvalue weighted by molar-refractivity contribution is 5.77. The van der Waals surface area contributed by atoms with Gasteiger partial charge in [0.2, 0.25) is 5.91 Å². The summed E-state index contributed by atoms with van der Waals surface area (Å²) in [4.78, 5) is 15.8. The van der Waals surface area contributed by atoms with Gasteiger partial charge in [-0.3, -0.25) is 4.79 Å². The molecule has 0 bridgehead atoms. The van der Waals surface area contributed by atoms with Gasteiger partial charge in [0, 0.05) is 19.5 Å². The fraction of sp³-hybridized carbons (Fsp3) is 0.562. The molecular formula is C16H23FN2O2. The van der Waals surface area contributed by atoms with Crippen molar-refractivity contribution in [1.82, 2.24) is 9.80 Å². The number of aliphatic hydroxyl groups is 1. The minimum absolute atomic E-state index is 0.0204. The Balaban J connectivity index is 1.86. The van der Waals surface area contributed by atoms with Crippen molar-refractivity contribution in [2.45, 2.75) is 24.9 Å². The number of rotatable bonds is 5. The Hall–Kier alpha value is -1.46. The summed E-state index contributed by atoms with van der Waals surface area (Å²) in [5.74, 6) is -0.288. The first-order valence-electron chi connectivity index (χ1n) is 7.28. The standard InChI is InChI=1S/C16H23FN2O2/c1-18(2)11-16(21)9-10-19(12-16)15(20)8-7-13-5-3-4-6-14(13)17/h3-6,21H,7-12H2,1-2H3. The van der Waals surface area contributed by atoms with Crippen LogP contribution >= 0.6 is 0 Å². The highest BCUT2D eigenvalue weighted by atomic mass is 19.1. The summed E-state index contributed by atoms with van der Waals surface area (Å²) in [7, 11) is 3.81. The molecule has 21 heavy (non-hydrogen) atoms. The fourth-order valence-corrected chi connectivity index (χ4v) is 2.89. The number of amides is 1. The Labute approximate surface area is 125 Å². The number of likely N-dealkylation sites (tertiary alicyclic amines) is 1. The zero-order valence-electron chi connectivity index (χ0n) is 12.7. The maximum atomic E-state index is 13.5. The van der Waals surface area contributed by atoms with Crippen LogP contribution in [0, 0.1) is 5.82 Å². The number of likely N-dealkylation sites (N-methyl/N-ethyl adjacent to an activating group) is 1. The Morgan fingerprint density at radius 1 is 1.43 bits per heavy atom. The minimum atomic E-state index is -0.822. The Morgan fingerprint density at radius 3 is 2.81 bits per heavy atom. The van der Waals surface area contributed by atoms with Crippen molar-refractivity contribution in [3.8, 4) is 0 Å². The maximum Gasteiger partial charge on any atom is 0.223 e. The van der Waals surface area contributed by atoms with E-state index in [2.05, 4.69) is 0 Å². The zero-order chi connectivity index (χ0) is 15.5. The van der Waals surface area contributed by atoms with E-state index in [1.54, 1.807) is 23.1 Å². The van der Waals surface area contributed by atoms with Crippen LogP contribution in [0.5, 0.6) is 0 Å². The molecule has 1 aliphatic rings. The van der Waals surface area contributed by atoms with Gasteiger partial charge in [-0.1, -0.05) is 18.2 Å². The molecule has 4 nitrogen and oxygen atoms in total. The molecule has 0 saturated carbocycles. The van der Waals surface area contributed by atoms with Crippen molar-refractivity contribution >= 4 is 5.91 Å². The van der Waals surface area contributed by atoms with Gasteiger partial charge in [0.1, 0.15) is 5.82 Å². The van der Waals surface area contributed by atoms with Gasteiger partial charge in [-0.05, 0) is 38.6 Å². The van der Waals surface area contributed by atoms with E-state index < -0.39 is 5.60 Å². The van der Waals surface area contributed by atoms with Gasteiger partial charge in [-0.2, -0.15) is 0 Å². The minimum Gasteiger partial charge on any atom is -0.387 e. The van der Waals surface area contributed by atoms with Crippen molar-refractivity contribution in [3.05, 3.63) is 35.6 Å². The number of benzene rings is 1. The van der Waals surface area contributed by atoms with Gasteiger partial charge in [0.15, 0.2) is 0 Å². The van der Waals surface area contributed by atoms with Crippen molar-refractivity contribution in [2.24, 2.45) is 0 Å². The summed E-state index contributed by atoms with van der Waals surface area (Å²) in [6.07, 6.45) is 1.27. The third-order valence-electron chi connectivity index (χ3n) is 3.86. The Morgan fingerprint density at radius 2 is 2.14 bits per heavy atom. The largest absolute Gasteiger partial charge is 0.387 e. The molecule has 1 aromatic rings. The normalized spacial score (nSPS) is 22.0. The molecule has 2 rings (SSSR count). The van der Waals surface area contributed by atoms with Crippen LogP contribution in [0.25, 0.3) is 0 Å². The molecule has 1 saturated heterocycles. The monoisotopic (exact) mass is 294 g/mol. The molecule has 1 heterocycles. The molecule has 1 aliphatic heterocycles. The molecule has 1 amide bonds. The quantitative estimate of drug-likeness (QED) is 0.890. The first kappa shape index (κ1) is 15.9. The first-order valence-corrected chi connectivity index (χ1v) is 7.28. The molecule has 0 aliphatic carbocycles. The summed E-state index contributed by atoms with van der Waals surface area (Å²) in [6, 6.07) is 6.53. The second kappa shape index (κ2) is 6.54. The van der Waals surface area contributed by atoms with E-state index >= 15 is 0 Å². The first-order chi connectivity index (χ1) is 9.89. The number of β-amino-alcohol motifs (C(OH)–C–C–N with tert-alkyl or cyclic N) is 1. The van der Waals surface area contributed by atoms with Gasteiger partial charge in [0.05, 0.1) is 12.1 Å². The number of carbonyl (C=O) groups excluding carboxylic acids is 1. The van der Waals surface area contributed by atoms with Gasteiger partial charge in [0.25, 0.3) is 0 Å². The lowest BCUT2D eigenvalue weighted by Crippen LogP contribution is -2.43. The van der Waals surface area contributed by atoms with Crippen molar-refractivity contribution in [1.29, 1.82) is 0 Å². The van der Waals surface area contributed by atoms with Crippen LogP contribution in [0.1, 0.15) is 18.4 Å². The summed E-state index contributed by atoms with van der Waals surface area (Å²) >= 11 is 0. The van der Waals surface area contributed by atoms with E-state index in [0.29, 0.717) is 38.0 Å². The topological polar surface area (TPSA) is 43.8 Å². The molecule has 116 valence electrons. The van der Waals surface area contributed by atoms with Crippen LogP contribution in [0.2, 0.25) is 0 Å². The summed E-state index contributed by atoms with van der Waals surface area (Å²) < 4.78 is 13.5. The van der Waals surface area contributed by atoms with Gasteiger partial charge >= 0.3 is 0 Å². The van der Waals surface area contributed by atoms with E-state index in [4.69, 9.17) is 0 Å². The molecule has 1 aromatic carbocycles. The summed E-state index contributed by atoms with van der Waals surface area (Å²) in [5, 5.41) is 10.4. The van der Waals surface area contributed by atoms with Crippen molar-refractivity contribution < 1.29 is 14.3 Å². The number of hydrogen-bond acceptors (Lipinski definition) is 3. The summed E-state index contributed by atoms with van der Waals surface area (Å²) in [6.45, 7) is 1.48. The molecule has 1 N–H and O–H groups in total. The average molecular weight is 294 g/mol. The van der Waals surface area contributed by atoms with E-state index in [0.717, 1.165) is 0 Å². The van der Waals surface area contributed by atoms with Crippen molar-refractivity contribution in [2.75, 3.05) is 33.7 Å². The second-order valence-corrected chi connectivity index (χ2v) is 6.12. The SMILES string of the molecule is CN(C)CC1(O)CCN(C(=O)CCc2ccccc2F)C1. The molecule has 1 fully saturated rings. The molecule has 1 unspecified atom stereocenters. The molecule has 0 radical (unpaired) electrons. The number of aryl methyl sites for hydroxylation is 1. The average Bonchev–Trinajstić information content (AvgIpc) is 2.79. The predicted molar refractivity (Wildman–Crippen MR) is 79.4 cm³/mol. The fourth-order valence-electron chi connectivity index (χ4n) is 2.89. The van der Waals surface area contributed by atoms with Crippen LogP contribution < -0.4 is 0 Å². The number of halogens is 1. The zero-order valence-corrected chi connectivity index (χ0v) is 12.7. The van der Waals surface area contributed by atoms with Crippen molar-refractivity contribution in [3.63, 3.8) is 0 Å². The van der Waals surface area contributed by atoms with Crippen LogP contribution in [-0.2, 0) is 11.2 Å². The smallest absolute Gasteiger partial charge is 0.223 e. The highest BCUT2D eigenvalue weighted by Crippen LogP contribution is 2.23. The van der Waals surface area contributed by atoms with Gasteiger partial charge in [-0.15, -0.1) is 0 Å². The highest BCUT2D eigenvalue weighted by Gasteiger charge is 2.38. The third kappa shape index (κ3) is 4.25. The Bertz CT molecular complexity index is 507. The van der Waals surface area contributed by atoms with Crippen LogP contribution in [-0.4, -0.2) is 60.1 Å². The van der Waals surface area contributed by atoms with Gasteiger partial charge < -0.3 is 14.9 Å². The van der Waals surface area contributed by atoms with Gasteiger partial charge in [-0.25, -0.2) is 4.39 Å². The molecular weight excluding hydrogens is 271 g/mol. The predicted octanol–water partition coefficient (Wildman–Crippen LogP) is 1.28. The summed E-state index contributed by atoms with van der Waals surface area (Å²) in [5.41, 5.74) is -0.259. The van der Waals surface area contributed by atoms with E-state index in [1.807, 2.05) is 19.0 Å². The maximum absolute atomic E-state index is 13.5. The van der Waals surface area contributed by atoms with E-state index in [1.165, 1.54) is 6.07 Å². The number of hydrogen-bond donors (Lipinski definition) is 1. The lowest BCUT2D eigenvalue weighted by Gasteiger charge is -2.26. The van der Waals surface area contributed by atoms with E-state index in [9.17, 15) is 14.3 Å². The van der Waals surface area contributed by atoms with E-state index in [-0.39, 0.29) is 18.1 Å². The molecule has 5 heteroatoms. The molecule has 0 spiro atoms. The third-order valence-corrected chi connectivity index (χ3v) is 3.86. The Kier molecular flexibility index (Phi) is 4.96. The van der Waals surface area contributed by atoms with Crippen LogP contribution in [0.15, 0.2) is 24.3 Å². The lowest BCUT2D eigenvalue weighted by molar-refractivity contribution is -0.131. The number of carbonyl (C=O) groups is 1. The second-order valence-electron chi connectivity index (χ2n) is 6.12.